The van der Waals surface area contributed by atoms with E-state index >= 15 is 0 Å². The average Bonchev–Trinajstić information content (AvgIpc) is 3.92. The van der Waals surface area contributed by atoms with E-state index in [1.165, 1.54) is 16.7 Å². The van der Waals surface area contributed by atoms with Crippen molar-refractivity contribution in [3.05, 3.63) is 218 Å². The fourth-order valence-electron chi connectivity index (χ4n) is 8.24. The van der Waals surface area contributed by atoms with Gasteiger partial charge in [0, 0.05) is 33.3 Å². The molecule has 0 amide bonds. The van der Waals surface area contributed by atoms with Crippen LogP contribution in [0.5, 0.6) is 0 Å². The molecular weight excluding hydrogens is 721 g/mol. The number of fused-ring (bicyclic) bond motifs is 4. The number of oxazole rings is 1. The zero-order valence-electron chi connectivity index (χ0n) is 32.0. The maximum atomic E-state index is 6.63. The van der Waals surface area contributed by atoms with E-state index in [-0.39, 0.29) is 0 Å². The second-order valence-corrected chi connectivity index (χ2v) is 14.7. The van der Waals surface area contributed by atoms with Gasteiger partial charge in [-0.3, -0.25) is 0 Å². The minimum Gasteiger partial charge on any atom is -0.455 e. The lowest BCUT2D eigenvalue weighted by molar-refractivity contribution is 0.620. The van der Waals surface area contributed by atoms with Gasteiger partial charge in [0.1, 0.15) is 16.7 Å². The van der Waals surface area contributed by atoms with Crippen molar-refractivity contribution in [3.8, 4) is 56.0 Å². The van der Waals surface area contributed by atoms with Gasteiger partial charge in [-0.2, -0.15) is 0 Å². The maximum absolute atomic E-state index is 6.63. The molecule has 0 aliphatic heterocycles. The first-order chi connectivity index (χ1) is 29.2. The Hall–Kier alpha value is -7.95. The summed E-state index contributed by atoms with van der Waals surface area (Å²) in [5.41, 5.74) is 16.1. The zero-order chi connectivity index (χ0) is 39.1. The van der Waals surface area contributed by atoms with E-state index in [0.717, 1.165) is 83.5 Å². The van der Waals surface area contributed by atoms with Crippen molar-refractivity contribution in [3.63, 3.8) is 0 Å². The molecule has 0 aliphatic rings. The summed E-state index contributed by atoms with van der Waals surface area (Å²) in [6.45, 7) is 0. The summed E-state index contributed by atoms with van der Waals surface area (Å²) in [6, 6.07) is 76.4. The number of hydrogen-bond donors (Lipinski definition) is 0. The lowest BCUT2D eigenvalue weighted by atomic mass is 9.98. The molecule has 4 heteroatoms. The normalized spacial score (nSPS) is 11.4. The van der Waals surface area contributed by atoms with Crippen LogP contribution in [0.1, 0.15) is 0 Å². The van der Waals surface area contributed by atoms with Crippen molar-refractivity contribution in [1.29, 1.82) is 0 Å². The Balaban J connectivity index is 1.03. The standard InChI is InChI=1S/C55H36N2O2/c1-4-14-37(15-5-1)38-24-26-39(27-25-38)40-28-32-44(33-29-40)57(49-22-12-10-20-46(49)41-16-6-2-7-17-41)45-34-30-42(31-35-45)52-53-51(59-55(56-53)43-18-8-3-9-19-43)36-48-47-21-11-13-23-50(47)58-54(48)52/h1-36H. The van der Waals surface area contributed by atoms with E-state index in [9.17, 15) is 0 Å². The van der Waals surface area contributed by atoms with Crippen LogP contribution in [0.4, 0.5) is 17.1 Å². The fraction of sp³-hybridized carbons (Fsp3) is 0. The highest BCUT2D eigenvalue weighted by Gasteiger charge is 2.23. The summed E-state index contributed by atoms with van der Waals surface area (Å²) in [5, 5.41) is 2.04. The van der Waals surface area contributed by atoms with E-state index in [4.69, 9.17) is 13.8 Å². The summed E-state index contributed by atoms with van der Waals surface area (Å²) in [5.74, 6) is 0.578. The van der Waals surface area contributed by atoms with Gasteiger partial charge in [0.2, 0.25) is 5.89 Å². The topological polar surface area (TPSA) is 42.4 Å². The third-order valence-corrected chi connectivity index (χ3v) is 11.1. The lowest BCUT2D eigenvalue weighted by Crippen LogP contribution is -2.11. The van der Waals surface area contributed by atoms with Gasteiger partial charge in [-0.25, -0.2) is 4.98 Å². The average molecular weight is 757 g/mol. The SMILES string of the molecule is c1ccc(-c2ccc(-c3ccc(N(c4ccc(-c5c6nc(-c7ccccc7)oc6cc6c5oc5ccccc56)cc4)c4ccccc4-c4ccccc4)cc3)cc2)cc1. The monoisotopic (exact) mass is 756 g/mol. The second-order valence-electron chi connectivity index (χ2n) is 14.7. The number of rotatable bonds is 8. The van der Waals surface area contributed by atoms with Crippen LogP contribution in [0.25, 0.3) is 89.0 Å². The third kappa shape index (κ3) is 6.24. The van der Waals surface area contributed by atoms with Crippen molar-refractivity contribution in [1.82, 2.24) is 4.98 Å². The van der Waals surface area contributed by atoms with Crippen LogP contribution < -0.4 is 4.90 Å². The Labute approximate surface area is 341 Å². The first kappa shape index (κ1) is 34.3. The summed E-state index contributed by atoms with van der Waals surface area (Å²) in [4.78, 5) is 7.44. The molecule has 0 atom stereocenters. The highest BCUT2D eigenvalue weighted by atomic mass is 16.4. The zero-order valence-corrected chi connectivity index (χ0v) is 32.0. The Morgan fingerprint density at radius 2 is 0.847 bits per heavy atom. The molecule has 11 aromatic rings. The summed E-state index contributed by atoms with van der Waals surface area (Å²) in [7, 11) is 0. The molecule has 59 heavy (non-hydrogen) atoms. The van der Waals surface area contributed by atoms with Gasteiger partial charge in [0.25, 0.3) is 0 Å². The van der Waals surface area contributed by atoms with Crippen LogP contribution in [0.2, 0.25) is 0 Å². The van der Waals surface area contributed by atoms with Crippen LogP contribution in [0, 0.1) is 0 Å². The Morgan fingerprint density at radius 1 is 0.356 bits per heavy atom. The van der Waals surface area contributed by atoms with Gasteiger partial charge < -0.3 is 13.7 Å². The quantitative estimate of drug-likeness (QED) is 0.155. The minimum atomic E-state index is 0.578. The molecule has 0 saturated heterocycles. The predicted octanol–water partition coefficient (Wildman–Crippen LogP) is 15.5. The molecule has 4 nitrogen and oxygen atoms in total. The van der Waals surface area contributed by atoms with Gasteiger partial charge in [-0.1, -0.05) is 164 Å². The predicted molar refractivity (Wildman–Crippen MR) is 243 cm³/mol. The van der Waals surface area contributed by atoms with Gasteiger partial charge in [-0.05, 0) is 88.0 Å². The number of hydrogen-bond acceptors (Lipinski definition) is 4. The molecule has 0 fully saturated rings. The summed E-state index contributed by atoms with van der Waals surface area (Å²) < 4.78 is 13.1. The molecule has 0 radical (unpaired) electrons. The Kier molecular flexibility index (Phi) is 8.45. The maximum Gasteiger partial charge on any atom is 0.227 e. The highest BCUT2D eigenvalue weighted by molar-refractivity contribution is 6.16. The molecule has 278 valence electrons. The number of furan rings is 1. The van der Waals surface area contributed by atoms with Gasteiger partial charge in [0.05, 0.1) is 11.3 Å². The van der Waals surface area contributed by atoms with Crippen LogP contribution in [-0.2, 0) is 0 Å². The van der Waals surface area contributed by atoms with E-state index in [1.807, 2.05) is 48.5 Å². The van der Waals surface area contributed by atoms with Crippen molar-refractivity contribution < 1.29 is 8.83 Å². The van der Waals surface area contributed by atoms with Crippen LogP contribution in [-0.4, -0.2) is 4.98 Å². The smallest absolute Gasteiger partial charge is 0.227 e. The number of para-hydroxylation sites is 2. The van der Waals surface area contributed by atoms with Crippen LogP contribution >= 0.6 is 0 Å². The molecular formula is C55H36N2O2. The van der Waals surface area contributed by atoms with E-state index in [0.29, 0.717) is 5.89 Å². The van der Waals surface area contributed by atoms with Crippen LogP contribution in [0.15, 0.2) is 227 Å². The second kappa shape index (κ2) is 14.5. The number of benzene rings is 9. The van der Waals surface area contributed by atoms with Gasteiger partial charge in [0.15, 0.2) is 5.58 Å². The van der Waals surface area contributed by atoms with Crippen molar-refractivity contribution in [2.24, 2.45) is 0 Å². The van der Waals surface area contributed by atoms with E-state index < -0.39 is 0 Å². The Bertz CT molecular complexity index is 3220. The van der Waals surface area contributed by atoms with E-state index in [2.05, 4.69) is 175 Å². The van der Waals surface area contributed by atoms with Gasteiger partial charge >= 0.3 is 0 Å². The molecule has 9 aromatic carbocycles. The van der Waals surface area contributed by atoms with Crippen molar-refractivity contribution >= 4 is 50.1 Å². The molecule has 11 rings (SSSR count). The number of anilines is 3. The van der Waals surface area contributed by atoms with Crippen LogP contribution in [0.3, 0.4) is 0 Å². The number of aromatic nitrogens is 1. The molecule has 0 spiro atoms. The van der Waals surface area contributed by atoms with Crippen molar-refractivity contribution in [2.45, 2.75) is 0 Å². The fourth-order valence-corrected chi connectivity index (χ4v) is 8.24. The third-order valence-electron chi connectivity index (χ3n) is 11.1. The Morgan fingerprint density at radius 3 is 1.49 bits per heavy atom. The largest absolute Gasteiger partial charge is 0.455 e. The molecule has 2 heterocycles. The molecule has 0 aliphatic carbocycles. The van der Waals surface area contributed by atoms with Gasteiger partial charge in [-0.15, -0.1) is 0 Å². The summed E-state index contributed by atoms with van der Waals surface area (Å²) in [6.07, 6.45) is 0. The van der Waals surface area contributed by atoms with E-state index in [1.54, 1.807) is 0 Å². The molecule has 0 saturated carbocycles. The summed E-state index contributed by atoms with van der Waals surface area (Å²) >= 11 is 0. The number of nitrogens with zero attached hydrogens (tertiary/aromatic N) is 2. The first-order valence-electron chi connectivity index (χ1n) is 19.9. The minimum absolute atomic E-state index is 0.578. The molecule has 0 unspecified atom stereocenters. The highest BCUT2D eigenvalue weighted by Crippen LogP contribution is 2.45. The first-order valence-corrected chi connectivity index (χ1v) is 19.9. The lowest BCUT2D eigenvalue weighted by Gasteiger charge is -2.28. The molecule has 0 N–H and O–H groups in total. The molecule has 2 aromatic heterocycles. The van der Waals surface area contributed by atoms with Crippen molar-refractivity contribution in [2.75, 3.05) is 4.90 Å². The molecule has 0 bridgehead atoms.